The summed E-state index contributed by atoms with van der Waals surface area (Å²) in [6, 6.07) is 1.64. The molecule has 0 N–H and O–H groups in total. The average molecular weight is 373 g/mol. The van der Waals surface area contributed by atoms with Crippen molar-refractivity contribution in [2.24, 2.45) is 0 Å². The van der Waals surface area contributed by atoms with Gasteiger partial charge < -0.3 is 0 Å². The fraction of sp³-hybridized carbons (Fsp3) is 0.385. The molecule has 1 heterocycles. The number of nitrogens with zero attached hydrogens (tertiary/aromatic N) is 3. The van der Waals surface area contributed by atoms with Gasteiger partial charge in [0.05, 0.1) is 27.2 Å². The van der Waals surface area contributed by atoms with Crippen molar-refractivity contribution in [3.8, 4) is 5.69 Å². The van der Waals surface area contributed by atoms with E-state index in [1.165, 1.54) is 4.68 Å². The van der Waals surface area contributed by atoms with Crippen LogP contribution in [0, 0.1) is 0 Å². The second-order valence-corrected chi connectivity index (χ2v) is 5.65. The summed E-state index contributed by atoms with van der Waals surface area (Å²) in [5.74, 6) is 0.144. The monoisotopic (exact) mass is 371 g/mol. The largest absolute Gasteiger partial charge is 0.416 e. The number of aromatic nitrogens is 3. The van der Waals surface area contributed by atoms with Gasteiger partial charge in [-0.05, 0) is 18.6 Å². The molecule has 0 bridgehead atoms. The minimum absolute atomic E-state index is 0.144. The van der Waals surface area contributed by atoms with Crippen LogP contribution in [0.2, 0.25) is 10.0 Å². The zero-order valence-electron chi connectivity index (χ0n) is 11.4. The van der Waals surface area contributed by atoms with E-state index in [1.807, 2.05) is 6.92 Å². The lowest BCUT2D eigenvalue weighted by Crippen LogP contribution is -2.09. The molecule has 0 fully saturated rings. The van der Waals surface area contributed by atoms with Crippen LogP contribution in [-0.2, 0) is 18.5 Å². The number of benzene rings is 1. The smallest absolute Gasteiger partial charge is 0.214 e. The molecule has 3 nitrogen and oxygen atoms in total. The molecule has 0 radical (unpaired) electrons. The summed E-state index contributed by atoms with van der Waals surface area (Å²) in [6.07, 6.45) is -3.14. The molecule has 0 atom stereocenters. The van der Waals surface area contributed by atoms with Gasteiger partial charge in [0.25, 0.3) is 0 Å². The minimum Gasteiger partial charge on any atom is -0.214 e. The van der Waals surface area contributed by atoms with Crippen LogP contribution in [0.15, 0.2) is 12.1 Å². The Morgan fingerprint density at radius 2 is 1.77 bits per heavy atom. The number of halogens is 6. The molecule has 22 heavy (non-hydrogen) atoms. The van der Waals surface area contributed by atoms with E-state index in [2.05, 4.69) is 10.3 Å². The van der Waals surface area contributed by atoms with Crippen LogP contribution in [0.25, 0.3) is 5.69 Å². The molecule has 0 saturated carbocycles. The fourth-order valence-electron chi connectivity index (χ4n) is 2.03. The summed E-state index contributed by atoms with van der Waals surface area (Å²) in [6.45, 7) is 1.95. The lowest BCUT2D eigenvalue weighted by molar-refractivity contribution is -0.137. The molecule has 0 spiro atoms. The van der Waals surface area contributed by atoms with E-state index in [-0.39, 0.29) is 21.6 Å². The van der Waals surface area contributed by atoms with Gasteiger partial charge in [0.2, 0.25) is 0 Å². The van der Waals surface area contributed by atoms with Crippen molar-refractivity contribution in [3.63, 3.8) is 0 Å². The van der Waals surface area contributed by atoms with E-state index in [0.717, 1.165) is 18.6 Å². The molecular formula is C13H11Cl3F3N3. The Balaban J connectivity index is 2.61. The van der Waals surface area contributed by atoms with Crippen LogP contribution in [0.4, 0.5) is 13.2 Å². The molecule has 2 rings (SSSR count). The molecule has 9 heteroatoms. The van der Waals surface area contributed by atoms with E-state index in [0.29, 0.717) is 17.8 Å². The van der Waals surface area contributed by atoms with Gasteiger partial charge in [-0.1, -0.05) is 41.8 Å². The minimum atomic E-state index is -4.53. The van der Waals surface area contributed by atoms with Gasteiger partial charge in [-0.2, -0.15) is 13.2 Å². The highest BCUT2D eigenvalue weighted by atomic mass is 35.5. The van der Waals surface area contributed by atoms with Crippen LogP contribution in [0.5, 0.6) is 0 Å². The molecule has 120 valence electrons. The maximum Gasteiger partial charge on any atom is 0.416 e. The van der Waals surface area contributed by atoms with Gasteiger partial charge in [0, 0.05) is 0 Å². The quantitative estimate of drug-likeness (QED) is 0.683. The van der Waals surface area contributed by atoms with E-state index in [4.69, 9.17) is 34.8 Å². The van der Waals surface area contributed by atoms with E-state index in [9.17, 15) is 13.2 Å². The molecule has 0 amide bonds. The molecule has 0 unspecified atom stereocenters. The first kappa shape index (κ1) is 17.4. The van der Waals surface area contributed by atoms with Crippen molar-refractivity contribution in [2.75, 3.05) is 0 Å². The normalized spacial score (nSPS) is 12.0. The molecule has 0 saturated heterocycles. The number of hydrogen-bond acceptors (Lipinski definition) is 2. The molecular weight excluding hydrogens is 362 g/mol. The highest BCUT2D eigenvalue weighted by molar-refractivity contribution is 6.37. The summed E-state index contributed by atoms with van der Waals surface area (Å²) in [4.78, 5) is 0. The Morgan fingerprint density at radius 3 is 2.23 bits per heavy atom. The Hall–Kier alpha value is -0.980. The highest BCUT2D eigenvalue weighted by Gasteiger charge is 2.32. The third-order valence-electron chi connectivity index (χ3n) is 3.01. The summed E-state index contributed by atoms with van der Waals surface area (Å²) in [5, 5.41) is 7.55. The van der Waals surface area contributed by atoms with Crippen LogP contribution in [0.1, 0.15) is 30.3 Å². The van der Waals surface area contributed by atoms with Crippen LogP contribution in [0.3, 0.4) is 0 Å². The van der Waals surface area contributed by atoms with Gasteiger partial charge >= 0.3 is 6.18 Å². The molecule has 0 aliphatic carbocycles. The third kappa shape index (κ3) is 3.34. The zero-order valence-corrected chi connectivity index (χ0v) is 13.7. The first-order valence-corrected chi connectivity index (χ1v) is 7.64. The molecule has 1 aromatic heterocycles. The highest BCUT2D eigenvalue weighted by Crippen LogP contribution is 2.37. The lowest BCUT2D eigenvalue weighted by Gasteiger charge is -2.13. The summed E-state index contributed by atoms with van der Waals surface area (Å²) < 4.78 is 39.7. The SMILES string of the molecule is CCCc1c(CCl)nnn1-c1c(Cl)cc(C(F)(F)F)cc1Cl. The van der Waals surface area contributed by atoms with Gasteiger partial charge in [0.15, 0.2) is 0 Å². The van der Waals surface area contributed by atoms with Gasteiger partial charge in [-0.25, -0.2) is 4.68 Å². The first-order chi connectivity index (χ1) is 10.3. The van der Waals surface area contributed by atoms with Crippen LogP contribution < -0.4 is 0 Å². The van der Waals surface area contributed by atoms with Crippen molar-refractivity contribution in [1.29, 1.82) is 0 Å². The zero-order chi connectivity index (χ0) is 16.5. The standard InChI is InChI=1S/C13H11Cl3F3N3/c1-2-3-11-10(6-14)20-21-22(11)12-8(15)4-7(5-9(12)16)13(17,18)19/h4-5H,2-3,6H2,1H3. The van der Waals surface area contributed by atoms with Crippen molar-refractivity contribution < 1.29 is 13.2 Å². The van der Waals surface area contributed by atoms with E-state index < -0.39 is 11.7 Å². The van der Waals surface area contributed by atoms with E-state index >= 15 is 0 Å². The van der Waals surface area contributed by atoms with Crippen molar-refractivity contribution in [1.82, 2.24) is 15.0 Å². The fourth-order valence-corrected chi connectivity index (χ4v) is 2.89. The summed E-state index contributed by atoms with van der Waals surface area (Å²) in [7, 11) is 0. The lowest BCUT2D eigenvalue weighted by atomic mass is 10.1. The van der Waals surface area contributed by atoms with Gasteiger partial charge in [-0.15, -0.1) is 16.7 Å². The van der Waals surface area contributed by atoms with E-state index in [1.54, 1.807) is 0 Å². The first-order valence-electron chi connectivity index (χ1n) is 6.35. The van der Waals surface area contributed by atoms with Crippen molar-refractivity contribution in [3.05, 3.63) is 39.1 Å². The van der Waals surface area contributed by atoms with Gasteiger partial charge in [-0.3, -0.25) is 0 Å². The topological polar surface area (TPSA) is 30.7 Å². The third-order valence-corrected chi connectivity index (χ3v) is 3.84. The Labute approximate surface area is 140 Å². The second kappa shape index (κ2) is 6.64. The molecule has 2 aromatic rings. The Bertz CT molecular complexity index is 660. The van der Waals surface area contributed by atoms with Crippen molar-refractivity contribution in [2.45, 2.75) is 31.8 Å². The summed E-state index contributed by atoms with van der Waals surface area (Å²) in [5.41, 5.74) is 0.487. The number of hydrogen-bond donors (Lipinski definition) is 0. The average Bonchev–Trinajstić information content (AvgIpc) is 2.80. The number of rotatable bonds is 4. The van der Waals surface area contributed by atoms with Crippen LogP contribution in [-0.4, -0.2) is 15.0 Å². The summed E-state index contributed by atoms with van der Waals surface area (Å²) >= 11 is 17.8. The number of alkyl halides is 4. The molecule has 0 aliphatic heterocycles. The predicted molar refractivity (Wildman–Crippen MR) is 79.9 cm³/mol. The van der Waals surface area contributed by atoms with Gasteiger partial charge in [0.1, 0.15) is 11.4 Å². The second-order valence-electron chi connectivity index (χ2n) is 4.56. The predicted octanol–water partition coefficient (Wildman–Crippen LogP) is 5.28. The Morgan fingerprint density at radius 1 is 1.18 bits per heavy atom. The Kier molecular flexibility index (Phi) is 5.25. The maximum absolute atomic E-state index is 12.8. The van der Waals surface area contributed by atoms with Crippen LogP contribution >= 0.6 is 34.8 Å². The maximum atomic E-state index is 12.8. The molecule has 1 aromatic carbocycles. The molecule has 0 aliphatic rings. The van der Waals surface area contributed by atoms with Crippen molar-refractivity contribution >= 4 is 34.8 Å².